The molecule has 3 unspecified atom stereocenters. The molecule has 0 radical (unpaired) electrons. The van der Waals surface area contributed by atoms with E-state index in [0.717, 1.165) is 36.9 Å². The molecular weight excluding hydrogens is 326 g/mol. The van der Waals surface area contributed by atoms with E-state index in [1.54, 1.807) is 0 Å². The molecule has 2 heterocycles. The topological polar surface area (TPSA) is 69.2 Å². The molecular formula is C21H27N3O2. The lowest BCUT2D eigenvalue weighted by Gasteiger charge is -2.38. The first-order valence-electron chi connectivity index (χ1n) is 9.68. The van der Waals surface area contributed by atoms with E-state index in [0.29, 0.717) is 24.7 Å². The number of piperidine rings is 1. The highest BCUT2D eigenvalue weighted by Crippen LogP contribution is 2.34. The minimum atomic E-state index is 0.0360. The highest BCUT2D eigenvalue weighted by Gasteiger charge is 2.34. The number of H-pyrrole nitrogens is 1. The maximum absolute atomic E-state index is 13.2. The summed E-state index contributed by atoms with van der Waals surface area (Å²) in [6, 6.07) is 10.2. The molecule has 4 rings (SSSR count). The van der Waals surface area contributed by atoms with Gasteiger partial charge in [0.25, 0.3) is 5.91 Å². The van der Waals surface area contributed by atoms with E-state index in [2.05, 4.69) is 29.3 Å². The van der Waals surface area contributed by atoms with Gasteiger partial charge in [-0.1, -0.05) is 37.3 Å². The molecule has 2 aromatic rings. The minimum absolute atomic E-state index is 0.0360. The first-order valence-corrected chi connectivity index (χ1v) is 9.68. The van der Waals surface area contributed by atoms with E-state index < -0.39 is 0 Å². The second kappa shape index (κ2) is 7.23. The molecule has 5 nitrogen and oxygen atoms in total. The van der Waals surface area contributed by atoms with Gasteiger partial charge in [-0.05, 0) is 43.1 Å². The van der Waals surface area contributed by atoms with E-state index in [1.165, 1.54) is 5.56 Å². The summed E-state index contributed by atoms with van der Waals surface area (Å²) < 4.78 is 0. The molecule has 3 atom stereocenters. The van der Waals surface area contributed by atoms with Crippen molar-refractivity contribution < 1.29 is 9.90 Å². The van der Waals surface area contributed by atoms with Crippen LogP contribution in [0.4, 0.5) is 0 Å². The summed E-state index contributed by atoms with van der Waals surface area (Å²) in [6.07, 6.45) is 3.89. The number of carbonyl (C=O) groups excluding carboxylic acids is 1. The number of fused-ring (bicyclic) bond motifs is 1. The highest BCUT2D eigenvalue weighted by atomic mass is 16.3. The summed E-state index contributed by atoms with van der Waals surface area (Å²) in [5.74, 6) is 1.01. The zero-order chi connectivity index (χ0) is 18.1. The van der Waals surface area contributed by atoms with Crippen molar-refractivity contribution in [3.05, 3.63) is 52.8 Å². The van der Waals surface area contributed by atoms with Crippen molar-refractivity contribution in [3.8, 4) is 0 Å². The number of nitrogens with one attached hydrogen (secondary N) is 1. The standard InChI is InChI=1S/C21H27N3O2/c1-14-7-8-19-17(11-14)20(23-22-19)21(26)24-10-9-16(13-25)18(12-24)15-5-3-2-4-6-15/h2-6,14,16,18,25H,7-13H2,1H3,(H,22,23). The first kappa shape index (κ1) is 17.3. The second-order valence-electron chi connectivity index (χ2n) is 7.88. The van der Waals surface area contributed by atoms with Crippen LogP contribution in [0, 0.1) is 11.8 Å². The van der Waals surface area contributed by atoms with E-state index >= 15 is 0 Å². The van der Waals surface area contributed by atoms with Crippen LogP contribution in [0.25, 0.3) is 0 Å². The average molecular weight is 353 g/mol. The summed E-state index contributed by atoms with van der Waals surface area (Å²) in [6.45, 7) is 3.73. The number of aromatic nitrogens is 2. The molecule has 2 aliphatic rings. The molecule has 138 valence electrons. The number of rotatable bonds is 3. The van der Waals surface area contributed by atoms with Crippen LogP contribution >= 0.6 is 0 Å². The SMILES string of the molecule is CC1CCc2[nH]nc(C(=O)N3CCC(CO)C(c4ccccc4)C3)c2C1. The molecule has 1 saturated heterocycles. The van der Waals surface area contributed by atoms with Gasteiger partial charge in [0, 0.05) is 36.9 Å². The molecule has 0 bridgehead atoms. The lowest BCUT2D eigenvalue weighted by atomic mass is 9.81. The van der Waals surface area contributed by atoms with Crippen LogP contribution in [0.15, 0.2) is 30.3 Å². The van der Waals surface area contributed by atoms with Crippen LogP contribution in [0.2, 0.25) is 0 Å². The number of aliphatic hydroxyl groups excluding tert-OH is 1. The number of aromatic amines is 1. The monoisotopic (exact) mass is 353 g/mol. The van der Waals surface area contributed by atoms with Crippen molar-refractivity contribution in [2.24, 2.45) is 11.8 Å². The third kappa shape index (κ3) is 3.16. The Bertz CT molecular complexity index is 771. The number of benzene rings is 1. The summed E-state index contributed by atoms with van der Waals surface area (Å²) in [5, 5.41) is 17.3. The largest absolute Gasteiger partial charge is 0.396 e. The molecule has 0 spiro atoms. The van der Waals surface area contributed by atoms with Gasteiger partial charge in [0.05, 0.1) is 0 Å². The van der Waals surface area contributed by atoms with Gasteiger partial charge in [0.1, 0.15) is 0 Å². The molecule has 1 aromatic heterocycles. The summed E-state index contributed by atoms with van der Waals surface area (Å²) in [4.78, 5) is 15.1. The Kier molecular flexibility index (Phi) is 4.81. The number of hydrogen-bond donors (Lipinski definition) is 2. The van der Waals surface area contributed by atoms with Gasteiger partial charge in [0.2, 0.25) is 0 Å². The fourth-order valence-corrected chi connectivity index (χ4v) is 4.48. The number of likely N-dealkylation sites (tertiary alicyclic amines) is 1. The number of nitrogens with zero attached hydrogens (tertiary/aromatic N) is 2. The quantitative estimate of drug-likeness (QED) is 0.891. The van der Waals surface area contributed by atoms with Gasteiger partial charge in [-0.3, -0.25) is 9.89 Å². The molecule has 1 aromatic carbocycles. The van der Waals surface area contributed by atoms with Crippen molar-refractivity contribution in [1.82, 2.24) is 15.1 Å². The fraction of sp³-hybridized carbons (Fsp3) is 0.524. The first-order chi connectivity index (χ1) is 12.7. The number of amides is 1. The van der Waals surface area contributed by atoms with Crippen LogP contribution in [-0.2, 0) is 12.8 Å². The molecule has 2 N–H and O–H groups in total. The van der Waals surface area contributed by atoms with Crippen molar-refractivity contribution in [2.75, 3.05) is 19.7 Å². The average Bonchev–Trinajstić information content (AvgIpc) is 3.10. The number of aryl methyl sites for hydroxylation is 1. The molecule has 26 heavy (non-hydrogen) atoms. The molecule has 0 saturated carbocycles. The number of hydrogen-bond acceptors (Lipinski definition) is 3. The van der Waals surface area contributed by atoms with Crippen molar-refractivity contribution in [2.45, 2.75) is 38.5 Å². The van der Waals surface area contributed by atoms with Crippen LogP contribution in [0.3, 0.4) is 0 Å². The molecule has 1 aliphatic heterocycles. The third-order valence-electron chi connectivity index (χ3n) is 6.10. The van der Waals surface area contributed by atoms with Crippen LogP contribution in [-0.4, -0.2) is 45.8 Å². The summed E-state index contributed by atoms with van der Waals surface area (Å²) in [7, 11) is 0. The Morgan fingerprint density at radius 2 is 2.12 bits per heavy atom. The maximum Gasteiger partial charge on any atom is 0.274 e. The predicted molar refractivity (Wildman–Crippen MR) is 100 cm³/mol. The van der Waals surface area contributed by atoms with Crippen molar-refractivity contribution in [1.29, 1.82) is 0 Å². The lowest BCUT2D eigenvalue weighted by Crippen LogP contribution is -2.44. The van der Waals surface area contributed by atoms with Crippen LogP contribution in [0.5, 0.6) is 0 Å². The number of aliphatic hydroxyl groups is 1. The van der Waals surface area contributed by atoms with E-state index in [9.17, 15) is 9.90 Å². The smallest absolute Gasteiger partial charge is 0.274 e. The van der Waals surface area contributed by atoms with Gasteiger partial charge >= 0.3 is 0 Å². The Morgan fingerprint density at radius 1 is 1.31 bits per heavy atom. The van der Waals surface area contributed by atoms with Crippen LogP contribution in [0.1, 0.15) is 53.0 Å². The molecule has 1 fully saturated rings. The van der Waals surface area contributed by atoms with Crippen LogP contribution < -0.4 is 0 Å². The van der Waals surface area contributed by atoms with E-state index in [4.69, 9.17) is 0 Å². The molecule has 1 amide bonds. The predicted octanol–water partition coefficient (Wildman–Crippen LogP) is 2.77. The minimum Gasteiger partial charge on any atom is -0.396 e. The van der Waals surface area contributed by atoms with Gasteiger partial charge in [0.15, 0.2) is 5.69 Å². The summed E-state index contributed by atoms with van der Waals surface area (Å²) in [5.41, 5.74) is 4.06. The van der Waals surface area contributed by atoms with Crippen molar-refractivity contribution >= 4 is 5.91 Å². The van der Waals surface area contributed by atoms with Gasteiger partial charge in [-0.15, -0.1) is 0 Å². The van der Waals surface area contributed by atoms with Gasteiger partial charge in [-0.25, -0.2) is 0 Å². The Hall–Kier alpha value is -2.14. The van der Waals surface area contributed by atoms with Gasteiger partial charge in [-0.2, -0.15) is 5.10 Å². The lowest BCUT2D eigenvalue weighted by molar-refractivity contribution is 0.0595. The normalized spacial score (nSPS) is 25.8. The maximum atomic E-state index is 13.2. The third-order valence-corrected chi connectivity index (χ3v) is 6.10. The summed E-state index contributed by atoms with van der Waals surface area (Å²) >= 11 is 0. The van der Waals surface area contributed by atoms with E-state index in [1.807, 2.05) is 23.1 Å². The van der Waals surface area contributed by atoms with Crippen molar-refractivity contribution in [3.63, 3.8) is 0 Å². The fourth-order valence-electron chi connectivity index (χ4n) is 4.48. The van der Waals surface area contributed by atoms with Gasteiger partial charge < -0.3 is 10.0 Å². The Labute approximate surface area is 154 Å². The van der Waals surface area contributed by atoms with E-state index in [-0.39, 0.29) is 24.3 Å². The highest BCUT2D eigenvalue weighted by molar-refractivity contribution is 5.94. The second-order valence-corrected chi connectivity index (χ2v) is 7.88. The molecule has 1 aliphatic carbocycles. The Morgan fingerprint density at radius 3 is 2.88 bits per heavy atom. The Balaban J connectivity index is 1.57. The zero-order valence-corrected chi connectivity index (χ0v) is 15.3. The number of carbonyl (C=O) groups is 1. The zero-order valence-electron chi connectivity index (χ0n) is 15.3. The molecule has 5 heteroatoms.